The summed E-state index contributed by atoms with van der Waals surface area (Å²) in [6, 6.07) is 14.4. The Bertz CT molecular complexity index is 1210. The fraction of sp³-hybridized carbons (Fsp3) is 0.208. The Morgan fingerprint density at radius 1 is 1.19 bits per heavy atom. The Kier molecular flexibility index (Phi) is 6.74. The first-order valence-corrected chi connectivity index (χ1v) is 11.2. The molecule has 1 aliphatic heterocycles. The molecule has 3 aromatic rings. The highest BCUT2D eigenvalue weighted by Crippen LogP contribution is 2.33. The number of aryl methyl sites for hydroxylation is 1. The number of carbonyl (C=O) groups is 2. The van der Waals surface area contributed by atoms with Crippen LogP contribution in [0.1, 0.15) is 28.1 Å². The van der Waals surface area contributed by atoms with Gasteiger partial charge in [0.1, 0.15) is 15.7 Å². The molecule has 0 atom stereocenters. The fourth-order valence-electron chi connectivity index (χ4n) is 3.37. The van der Waals surface area contributed by atoms with Crippen LogP contribution in [0, 0.1) is 6.92 Å². The molecule has 1 amide bonds. The summed E-state index contributed by atoms with van der Waals surface area (Å²) in [6.07, 6.45) is 2.51. The maximum absolute atomic E-state index is 12.6. The molecular weight excluding hydrogens is 446 g/mol. The summed E-state index contributed by atoms with van der Waals surface area (Å²) in [4.78, 5) is 27.4. The largest absolute Gasteiger partial charge is 0.449 e. The van der Waals surface area contributed by atoms with Crippen LogP contribution in [-0.4, -0.2) is 41.4 Å². The topological polar surface area (TPSA) is 69.0 Å². The number of carbonyl (C=O) groups excluding carboxylic acids is 2. The van der Waals surface area contributed by atoms with Gasteiger partial charge in [0, 0.05) is 31.2 Å². The van der Waals surface area contributed by atoms with Gasteiger partial charge in [-0.05, 0) is 43.2 Å². The smallest absolute Gasteiger partial charge is 0.379 e. The molecule has 1 saturated heterocycles. The second-order valence-corrected chi connectivity index (χ2v) is 8.87. The van der Waals surface area contributed by atoms with Crippen molar-refractivity contribution < 1.29 is 23.5 Å². The van der Waals surface area contributed by atoms with Crippen molar-refractivity contribution in [3.63, 3.8) is 0 Å². The summed E-state index contributed by atoms with van der Waals surface area (Å²) >= 11 is 6.61. The number of para-hydroxylation sites is 1. The fourth-order valence-corrected chi connectivity index (χ4v) is 4.67. The van der Waals surface area contributed by atoms with E-state index in [9.17, 15) is 9.59 Å². The van der Waals surface area contributed by atoms with Crippen LogP contribution in [-0.2, 0) is 9.53 Å². The van der Waals surface area contributed by atoms with E-state index < -0.39 is 5.97 Å². The van der Waals surface area contributed by atoms with E-state index >= 15 is 0 Å². The lowest BCUT2D eigenvalue weighted by Crippen LogP contribution is -2.29. The van der Waals surface area contributed by atoms with Crippen molar-refractivity contribution in [3.8, 4) is 5.75 Å². The van der Waals surface area contributed by atoms with Crippen molar-refractivity contribution in [2.24, 2.45) is 0 Å². The minimum absolute atomic E-state index is 0.105. The third-order valence-corrected chi connectivity index (χ3v) is 6.40. The SMILES string of the molecule is COCCCN1C(=O)/C(=C/c2ccc(OC(=O)c3oc4ccccc4c3C)cc2)SC1=S. The molecule has 1 fully saturated rings. The summed E-state index contributed by atoms with van der Waals surface area (Å²) in [5.74, 6) is -0.0816. The molecule has 2 heterocycles. The molecule has 4 rings (SSSR count). The highest BCUT2D eigenvalue weighted by atomic mass is 32.2. The molecule has 0 spiro atoms. The van der Waals surface area contributed by atoms with E-state index in [4.69, 9.17) is 26.1 Å². The van der Waals surface area contributed by atoms with Crippen LogP contribution in [0.4, 0.5) is 0 Å². The van der Waals surface area contributed by atoms with Gasteiger partial charge in [-0.1, -0.05) is 54.3 Å². The van der Waals surface area contributed by atoms with Crippen molar-refractivity contribution in [2.75, 3.05) is 20.3 Å². The number of nitrogens with zero attached hydrogens (tertiary/aromatic N) is 1. The van der Waals surface area contributed by atoms with Crippen LogP contribution in [0.2, 0.25) is 0 Å². The predicted octanol–water partition coefficient (Wildman–Crippen LogP) is 5.20. The van der Waals surface area contributed by atoms with Gasteiger partial charge in [0.25, 0.3) is 5.91 Å². The molecule has 0 saturated carbocycles. The molecule has 0 bridgehead atoms. The van der Waals surface area contributed by atoms with Gasteiger partial charge in [-0.2, -0.15) is 0 Å². The van der Waals surface area contributed by atoms with Gasteiger partial charge in [0.05, 0.1) is 4.91 Å². The zero-order valence-electron chi connectivity index (χ0n) is 17.6. The number of esters is 1. The van der Waals surface area contributed by atoms with Gasteiger partial charge in [0.15, 0.2) is 0 Å². The molecular formula is C24H21NO5S2. The number of furan rings is 1. The minimum atomic E-state index is -0.552. The first kappa shape index (κ1) is 22.3. The summed E-state index contributed by atoms with van der Waals surface area (Å²) in [6.45, 7) is 2.94. The van der Waals surface area contributed by atoms with Gasteiger partial charge in [-0.25, -0.2) is 4.79 Å². The number of rotatable bonds is 7. The van der Waals surface area contributed by atoms with Crippen LogP contribution < -0.4 is 4.74 Å². The van der Waals surface area contributed by atoms with Crippen LogP contribution in [0.3, 0.4) is 0 Å². The normalized spacial score (nSPS) is 15.2. The summed E-state index contributed by atoms with van der Waals surface area (Å²) in [5.41, 5.74) is 2.20. The average molecular weight is 468 g/mol. The quantitative estimate of drug-likeness (QED) is 0.156. The van der Waals surface area contributed by atoms with Crippen molar-refractivity contribution in [1.29, 1.82) is 0 Å². The molecule has 8 heteroatoms. The maximum Gasteiger partial charge on any atom is 0.379 e. The van der Waals surface area contributed by atoms with Gasteiger partial charge < -0.3 is 13.9 Å². The van der Waals surface area contributed by atoms with Gasteiger partial charge in [0.2, 0.25) is 5.76 Å². The Morgan fingerprint density at radius 2 is 1.94 bits per heavy atom. The van der Waals surface area contributed by atoms with Crippen molar-refractivity contribution in [3.05, 3.63) is 70.3 Å². The van der Waals surface area contributed by atoms with Gasteiger partial charge >= 0.3 is 5.97 Å². The van der Waals surface area contributed by atoms with Crippen LogP contribution in [0.5, 0.6) is 5.75 Å². The number of methoxy groups -OCH3 is 1. The monoisotopic (exact) mass is 467 g/mol. The van der Waals surface area contributed by atoms with Crippen LogP contribution in [0.25, 0.3) is 17.0 Å². The molecule has 32 heavy (non-hydrogen) atoms. The molecule has 0 unspecified atom stereocenters. The Morgan fingerprint density at radius 3 is 2.66 bits per heavy atom. The number of thioether (sulfide) groups is 1. The van der Waals surface area contributed by atoms with E-state index in [1.165, 1.54) is 11.8 Å². The highest BCUT2D eigenvalue weighted by molar-refractivity contribution is 8.26. The van der Waals surface area contributed by atoms with Crippen LogP contribution in [0.15, 0.2) is 57.9 Å². The van der Waals surface area contributed by atoms with Gasteiger partial charge in [-0.3, -0.25) is 9.69 Å². The number of ether oxygens (including phenoxy) is 2. The zero-order valence-corrected chi connectivity index (χ0v) is 19.3. The maximum atomic E-state index is 12.6. The first-order chi connectivity index (χ1) is 15.5. The number of benzene rings is 2. The summed E-state index contributed by atoms with van der Waals surface area (Å²) < 4.78 is 16.7. The molecule has 0 N–H and O–H groups in total. The third kappa shape index (κ3) is 4.62. The summed E-state index contributed by atoms with van der Waals surface area (Å²) in [5, 5.41) is 0.884. The predicted molar refractivity (Wildman–Crippen MR) is 129 cm³/mol. The van der Waals surface area contributed by atoms with Crippen molar-refractivity contribution in [2.45, 2.75) is 13.3 Å². The highest BCUT2D eigenvalue weighted by Gasteiger charge is 2.31. The molecule has 2 aromatic carbocycles. The average Bonchev–Trinajstić information content (AvgIpc) is 3.26. The van der Waals surface area contributed by atoms with E-state index in [0.29, 0.717) is 33.7 Å². The van der Waals surface area contributed by atoms with Crippen LogP contribution >= 0.6 is 24.0 Å². The van der Waals surface area contributed by atoms with Crippen molar-refractivity contribution >= 4 is 57.2 Å². The minimum Gasteiger partial charge on any atom is -0.449 e. The summed E-state index contributed by atoms with van der Waals surface area (Å²) in [7, 11) is 1.63. The van der Waals surface area contributed by atoms with E-state index in [0.717, 1.165) is 22.9 Å². The number of thiocarbonyl (C=S) groups is 1. The van der Waals surface area contributed by atoms with E-state index in [1.807, 2.05) is 31.2 Å². The third-order valence-electron chi connectivity index (χ3n) is 5.02. The van der Waals surface area contributed by atoms with Crippen molar-refractivity contribution in [1.82, 2.24) is 4.90 Å². The Hall–Kier alpha value is -2.94. The lowest BCUT2D eigenvalue weighted by Gasteiger charge is -2.13. The Labute approximate surface area is 195 Å². The Balaban J connectivity index is 1.44. The molecule has 0 aliphatic carbocycles. The standard InChI is InChI=1S/C24H21NO5S2/c1-15-18-6-3-4-7-19(18)30-21(15)23(27)29-17-10-8-16(9-11-17)14-20-22(26)25(24(31)32-20)12-5-13-28-2/h3-4,6-11,14H,5,12-13H2,1-2H3/b20-14-. The second kappa shape index (κ2) is 9.68. The molecule has 6 nitrogen and oxygen atoms in total. The number of hydrogen-bond donors (Lipinski definition) is 0. The number of fused-ring (bicyclic) bond motifs is 1. The van der Waals surface area contributed by atoms with E-state index in [-0.39, 0.29) is 11.7 Å². The molecule has 1 aliphatic rings. The second-order valence-electron chi connectivity index (χ2n) is 7.19. The van der Waals surface area contributed by atoms with E-state index in [1.54, 1.807) is 42.4 Å². The molecule has 0 radical (unpaired) electrons. The molecule has 1 aromatic heterocycles. The number of hydrogen-bond acceptors (Lipinski definition) is 7. The molecule has 164 valence electrons. The zero-order chi connectivity index (χ0) is 22.7. The van der Waals surface area contributed by atoms with Gasteiger partial charge in [-0.15, -0.1) is 0 Å². The lowest BCUT2D eigenvalue weighted by atomic mass is 10.1. The first-order valence-electron chi connectivity index (χ1n) is 10.0. The van der Waals surface area contributed by atoms with E-state index in [2.05, 4.69) is 0 Å². The lowest BCUT2D eigenvalue weighted by molar-refractivity contribution is -0.122. The number of amides is 1.